The van der Waals surface area contributed by atoms with Crippen LogP contribution >= 0.6 is 0 Å². The van der Waals surface area contributed by atoms with E-state index >= 15 is 0 Å². The van der Waals surface area contributed by atoms with E-state index in [9.17, 15) is 5.11 Å². The molecule has 0 saturated heterocycles. The average molecular weight is 240 g/mol. The third-order valence-electron chi connectivity index (χ3n) is 3.36. The second-order valence-electron chi connectivity index (χ2n) is 4.80. The number of rotatable bonds is 5. The monoisotopic (exact) mass is 240 g/mol. The van der Waals surface area contributed by atoms with Crippen LogP contribution in [0.15, 0.2) is 54.6 Å². The summed E-state index contributed by atoms with van der Waals surface area (Å²) < 4.78 is 0. The molecule has 0 heterocycles. The molecular formula is C17H20O. The molecule has 0 spiro atoms. The first-order chi connectivity index (χ1) is 8.70. The summed E-state index contributed by atoms with van der Waals surface area (Å²) in [6.07, 6.45) is 2.00. The Kier molecular flexibility index (Phi) is 4.16. The summed E-state index contributed by atoms with van der Waals surface area (Å²) in [5.74, 6) is 0. The lowest BCUT2D eigenvalue weighted by Gasteiger charge is -2.13. The van der Waals surface area contributed by atoms with Gasteiger partial charge in [-0.3, -0.25) is 0 Å². The van der Waals surface area contributed by atoms with Crippen molar-refractivity contribution in [3.05, 3.63) is 60.2 Å². The number of aliphatic hydroxyl groups is 1. The van der Waals surface area contributed by atoms with Gasteiger partial charge in [0.2, 0.25) is 0 Å². The number of benzene rings is 2. The first-order valence-electron chi connectivity index (χ1n) is 6.52. The van der Waals surface area contributed by atoms with Crippen molar-refractivity contribution in [3.8, 4) is 0 Å². The minimum absolute atomic E-state index is 0.330. The van der Waals surface area contributed by atoms with Crippen molar-refractivity contribution >= 4 is 10.8 Å². The molecule has 2 aromatic rings. The van der Waals surface area contributed by atoms with Gasteiger partial charge in [-0.05, 0) is 35.6 Å². The lowest BCUT2D eigenvalue weighted by molar-refractivity contribution is 0.175. The highest BCUT2D eigenvalue weighted by Gasteiger charge is 2.09. The van der Waals surface area contributed by atoms with Gasteiger partial charge in [-0.2, -0.15) is 0 Å². The van der Waals surface area contributed by atoms with E-state index in [-0.39, 0.29) is 6.10 Å². The zero-order valence-electron chi connectivity index (χ0n) is 10.9. The summed E-state index contributed by atoms with van der Waals surface area (Å²) in [7, 11) is 0. The molecule has 0 aliphatic rings. The number of hydrogen-bond donors (Lipinski definition) is 1. The van der Waals surface area contributed by atoms with E-state index < -0.39 is 0 Å². The van der Waals surface area contributed by atoms with Gasteiger partial charge in [-0.15, -0.1) is 0 Å². The Morgan fingerprint density at radius 2 is 1.89 bits per heavy atom. The van der Waals surface area contributed by atoms with E-state index in [0.29, 0.717) is 12.8 Å². The third-order valence-corrected chi connectivity index (χ3v) is 3.36. The van der Waals surface area contributed by atoms with Gasteiger partial charge in [0.1, 0.15) is 0 Å². The van der Waals surface area contributed by atoms with Crippen molar-refractivity contribution in [3.63, 3.8) is 0 Å². The Labute approximate surface area is 109 Å². The van der Waals surface area contributed by atoms with Gasteiger partial charge in [-0.25, -0.2) is 0 Å². The molecule has 0 aliphatic heterocycles. The quantitative estimate of drug-likeness (QED) is 0.780. The summed E-state index contributed by atoms with van der Waals surface area (Å²) in [5.41, 5.74) is 2.33. The molecule has 0 aliphatic carbocycles. The molecule has 1 unspecified atom stereocenters. The maximum absolute atomic E-state index is 10.1. The van der Waals surface area contributed by atoms with E-state index in [1.165, 1.54) is 16.3 Å². The van der Waals surface area contributed by atoms with E-state index in [1.807, 2.05) is 12.1 Å². The largest absolute Gasteiger partial charge is 0.392 e. The second-order valence-corrected chi connectivity index (χ2v) is 4.80. The first kappa shape index (κ1) is 12.8. The molecule has 0 amide bonds. The Bertz CT molecular complexity index is 537. The molecule has 0 saturated carbocycles. The molecule has 2 aromatic carbocycles. The molecule has 0 aromatic heterocycles. The van der Waals surface area contributed by atoms with Gasteiger partial charge in [0.15, 0.2) is 0 Å². The fraction of sp³-hybridized carbons (Fsp3) is 0.294. The normalized spacial score (nSPS) is 12.6. The van der Waals surface area contributed by atoms with Gasteiger partial charge >= 0.3 is 0 Å². The van der Waals surface area contributed by atoms with Crippen molar-refractivity contribution < 1.29 is 5.11 Å². The number of hydrogen-bond acceptors (Lipinski definition) is 1. The van der Waals surface area contributed by atoms with Crippen LogP contribution in [0.2, 0.25) is 0 Å². The minimum Gasteiger partial charge on any atom is -0.392 e. The molecule has 94 valence electrons. The highest BCUT2D eigenvalue weighted by Crippen LogP contribution is 2.21. The van der Waals surface area contributed by atoms with Crippen LogP contribution in [-0.2, 0) is 6.42 Å². The highest BCUT2D eigenvalue weighted by molar-refractivity contribution is 5.85. The molecule has 0 fully saturated rings. The molecule has 18 heavy (non-hydrogen) atoms. The Hall–Kier alpha value is -1.60. The lowest BCUT2D eigenvalue weighted by Crippen LogP contribution is -2.11. The molecule has 1 heteroatoms. The fourth-order valence-corrected chi connectivity index (χ4v) is 2.27. The van der Waals surface area contributed by atoms with Gasteiger partial charge < -0.3 is 5.11 Å². The maximum Gasteiger partial charge on any atom is 0.0617 e. The predicted molar refractivity (Wildman–Crippen MR) is 77.7 cm³/mol. The maximum atomic E-state index is 10.1. The van der Waals surface area contributed by atoms with Crippen molar-refractivity contribution in [2.45, 2.75) is 32.3 Å². The van der Waals surface area contributed by atoms with Crippen LogP contribution in [0.5, 0.6) is 0 Å². The van der Waals surface area contributed by atoms with E-state index in [2.05, 4.69) is 43.8 Å². The van der Waals surface area contributed by atoms with Crippen molar-refractivity contribution in [2.75, 3.05) is 0 Å². The SMILES string of the molecule is C=C(CC)CC(O)Cc1cccc2ccccc12. The smallest absolute Gasteiger partial charge is 0.0617 e. The first-order valence-corrected chi connectivity index (χ1v) is 6.52. The molecule has 1 N–H and O–H groups in total. The second kappa shape index (κ2) is 5.83. The van der Waals surface area contributed by atoms with E-state index in [4.69, 9.17) is 0 Å². The summed E-state index contributed by atoms with van der Waals surface area (Å²) in [6, 6.07) is 14.6. The van der Waals surface area contributed by atoms with Gasteiger partial charge in [0.05, 0.1) is 6.10 Å². The Morgan fingerprint density at radius 3 is 2.67 bits per heavy atom. The van der Waals surface area contributed by atoms with Crippen molar-refractivity contribution in [1.82, 2.24) is 0 Å². The standard InChI is InChI=1S/C17H20O/c1-3-13(2)11-16(18)12-15-9-6-8-14-7-4-5-10-17(14)15/h4-10,16,18H,2-3,11-12H2,1H3. The number of fused-ring (bicyclic) bond motifs is 1. The number of aliphatic hydroxyl groups excluding tert-OH is 1. The molecule has 0 radical (unpaired) electrons. The van der Waals surface area contributed by atoms with Crippen LogP contribution in [0, 0.1) is 0 Å². The average Bonchev–Trinajstić information content (AvgIpc) is 2.39. The van der Waals surface area contributed by atoms with Gasteiger partial charge in [-0.1, -0.05) is 61.5 Å². The van der Waals surface area contributed by atoms with Crippen molar-refractivity contribution in [2.24, 2.45) is 0 Å². The fourth-order valence-electron chi connectivity index (χ4n) is 2.27. The Balaban J connectivity index is 2.19. The van der Waals surface area contributed by atoms with E-state index in [1.54, 1.807) is 0 Å². The highest BCUT2D eigenvalue weighted by atomic mass is 16.3. The van der Waals surface area contributed by atoms with Crippen LogP contribution in [0.25, 0.3) is 10.8 Å². The van der Waals surface area contributed by atoms with Crippen LogP contribution in [0.3, 0.4) is 0 Å². The van der Waals surface area contributed by atoms with Crippen molar-refractivity contribution in [1.29, 1.82) is 0 Å². The van der Waals surface area contributed by atoms with Gasteiger partial charge in [0.25, 0.3) is 0 Å². The minimum atomic E-state index is -0.330. The summed E-state index contributed by atoms with van der Waals surface area (Å²) in [5, 5.41) is 12.6. The topological polar surface area (TPSA) is 20.2 Å². The van der Waals surface area contributed by atoms with Crippen LogP contribution < -0.4 is 0 Å². The molecule has 0 bridgehead atoms. The Morgan fingerprint density at radius 1 is 1.17 bits per heavy atom. The molecular weight excluding hydrogens is 220 g/mol. The lowest BCUT2D eigenvalue weighted by atomic mass is 9.97. The van der Waals surface area contributed by atoms with Crippen LogP contribution in [-0.4, -0.2) is 11.2 Å². The third kappa shape index (κ3) is 2.99. The van der Waals surface area contributed by atoms with Crippen LogP contribution in [0.4, 0.5) is 0 Å². The molecule has 1 nitrogen and oxygen atoms in total. The summed E-state index contributed by atoms with van der Waals surface area (Å²) in [6.45, 7) is 6.03. The summed E-state index contributed by atoms with van der Waals surface area (Å²) in [4.78, 5) is 0. The van der Waals surface area contributed by atoms with Gasteiger partial charge in [0, 0.05) is 0 Å². The summed E-state index contributed by atoms with van der Waals surface area (Å²) >= 11 is 0. The molecule has 2 rings (SSSR count). The van der Waals surface area contributed by atoms with Crippen LogP contribution in [0.1, 0.15) is 25.3 Å². The zero-order chi connectivity index (χ0) is 13.0. The molecule has 1 atom stereocenters. The predicted octanol–water partition coefficient (Wildman–Crippen LogP) is 4.10. The van der Waals surface area contributed by atoms with E-state index in [0.717, 1.165) is 12.0 Å². The zero-order valence-corrected chi connectivity index (χ0v) is 10.9.